The summed E-state index contributed by atoms with van der Waals surface area (Å²) in [5.41, 5.74) is 2.25. The Morgan fingerprint density at radius 1 is 1.17 bits per heavy atom. The third-order valence-electron chi connectivity index (χ3n) is 4.07. The van der Waals surface area contributed by atoms with E-state index in [1.165, 1.54) is 10.5 Å². The SMILES string of the molecule is O=C(NCCN1C(=O)CSC1=O)C(=O)N1CCc2ccccc2C1. The highest BCUT2D eigenvalue weighted by Gasteiger charge is 2.30. The van der Waals surface area contributed by atoms with Gasteiger partial charge in [0.1, 0.15) is 0 Å². The molecule has 2 aliphatic heterocycles. The molecule has 0 bridgehead atoms. The van der Waals surface area contributed by atoms with E-state index in [-0.39, 0.29) is 30.0 Å². The normalized spacial score (nSPS) is 17.0. The Bertz CT molecular complexity index is 690. The molecular weight excluding hydrogens is 330 g/mol. The number of nitrogens with one attached hydrogen (secondary N) is 1. The van der Waals surface area contributed by atoms with Crippen LogP contribution < -0.4 is 5.32 Å². The predicted octanol–water partition coefficient (Wildman–Crippen LogP) is 0.383. The van der Waals surface area contributed by atoms with Crippen LogP contribution in [0.2, 0.25) is 0 Å². The van der Waals surface area contributed by atoms with Crippen molar-refractivity contribution in [3.8, 4) is 0 Å². The van der Waals surface area contributed by atoms with Crippen molar-refractivity contribution in [2.75, 3.05) is 25.4 Å². The minimum absolute atomic E-state index is 0.0764. The van der Waals surface area contributed by atoms with Gasteiger partial charge in [-0.05, 0) is 17.5 Å². The molecule has 1 aromatic carbocycles. The van der Waals surface area contributed by atoms with Crippen molar-refractivity contribution >= 4 is 34.7 Å². The van der Waals surface area contributed by atoms with E-state index in [2.05, 4.69) is 5.32 Å². The maximum atomic E-state index is 12.2. The number of hydrogen-bond acceptors (Lipinski definition) is 5. The number of amides is 4. The molecule has 0 aromatic heterocycles. The van der Waals surface area contributed by atoms with E-state index in [4.69, 9.17) is 0 Å². The quantitative estimate of drug-likeness (QED) is 0.799. The van der Waals surface area contributed by atoms with E-state index in [1.54, 1.807) is 0 Å². The van der Waals surface area contributed by atoms with Crippen molar-refractivity contribution in [1.29, 1.82) is 0 Å². The topological polar surface area (TPSA) is 86.8 Å². The molecule has 24 heavy (non-hydrogen) atoms. The summed E-state index contributed by atoms with van der Waals surface area (Å²) in [7, 11) is 0. The van der Waals surface area contributed by atoms with Crippen LogP contribution in [0.3, 0.4) is 0 Å². The van der Waals surface area contributed by atoms with Crippen molar-refractivity contribution in [3.05, 3.63) is 35.4 Å². The first-order valence-electron chi connectivity index (χ1n) is 7.67. The van der Waals surface area contributed by atoms with Gasteiger partial charge in [-0.1, -0.05) is 36.0 Å². The number of thioether (sulfide) groups is 1. The molecule has 1 N–H and O–H groups in total. The highest BCUT2D eigenvalue weighted by atomic mass is 32.2. The molecule has 3 rings (SSSR count). The first-order valence-corrected chi connectivity index (χ1v) is 8.66. The van der Waals surface area contributed by atoms with Gasteiger partial charge in [0.25, 0.3) is 5.24 Å². The summed E-state index contributed by atoms with van der Waals surface area (Å²) in [5.74, 6) is -1.42. The van der Waals surface area contributed by atoms with Crippen LogP contribution in [-0.2, 0) is 27.3 Å². The summed E-state index contributed by atoms with van der Waals surface area (Å²) >= 11 is 0.944. The van der Waals surface area contributed by atoms with Gasteiger partial charge in [0.2, 0.25) is 5.91 Å². The standard InChI is InChI=1S/C16H17N3O4S/c20-13-10-24-16(23)19(13)8-6-17-14(21)15(22)18-7-5-11-3-1-2-4-12(11)9-18/h1-4H,5-10H2,(H,17,21). The average molecular weight is 347 g/mol. The molecule has 0 aliphatic carbocycles. The Morgan fingerprint density at radius 2 is 1.92 bits per heavy atom. The van der Waals surface area contributed by atoms with Gasteiger partial charge in [0.05, 0.1) is 5.75 Å². The lowest BCUT2D eigenvalue weighted by Gasteiger charge is -2.28. The third-order valence-corrected chi connectivity index (χ3v) is 4.93. The summed E-state index contributed by atoms with van der Waals surface area (Å²) in [4.78, 5) is 49.7. The van der Waals surface area contributed by atoms with E-state index in [0.29, 0.717) is 13.1 Å². The van der Waals surface area contributed by atoms with Gasteiger partial charge in [0, 0.05) is 26.2 Å². The van der Waals surface area contributed by atoms with E-state index in [9.17, 15) is 19.2 Å². The summed E-state index contributed by atoms with van der Waals surface area (Å²) in [6, 6.07) is 7.85. The molecule has 1 saturated heterocycles. The number of hydrogen-bond donors (Lipinski definition) is 1. The Morgan fingerprint density at radius 3 is 2.62 bits per heavy atom. The predicted molar refractivity (Wildman–Crippen MR) is 88.1 cm³/mol. The minimum atomic E-state index is -0.707. The average Bonchev–Trinajstić information content (AvgIpc) is 2.92. The lowest BCUT2D eigenvalue weighted by atomic mass is 10.00. The summed E-state index contributed by atoms with van der Waals surface area (Å²) in [6.45, 7) is 1.09. The third kappa shape index (κ3) is 3.43. The maximum absolute atomic E-state index is 12.2. The second kappa shape index (κ2) is 7.04. The molecule has 0 saturated carbocycles. The first-order chi connectivity index (χ1) is 11.6. The Balaban J connectivity index is 1.50. The van der Waals surface area contributed by atoms with Crippen LogP contribution in [0.1, 0.15) is 11.1 Å². The molecule has 126 valence electrons. The second-order valence-corrected chi connectivity index (χ2v) is 6.53. The van der Waals surface area contributed by atoms with Crippen molar-refractivity contribution in [1.82, 2.24) is 15.1 Å². The van der Waals surface area contributed by atoms with Gasteiger partial charge in [-0.3, -0.25) is 24.1 Å². The van der Waals surface area contributed by atoms with Crippen molar-refractivity contribution in [3.63, 3.8) is 0 Å². The van der Waals surface area contributed by atoms with Gasteiger partial charge in [-0.25, -0.2) is 0 Å². The molecule has 1 fully saturated rings. The van der Waals surface area contributed by atoms with Crippen molar-refractivity contribution < 1.29 is 19.2 Å². The fourth-order valence-corrected chi connectivity index (χ4v) is 3.52. The monoisotopic (exact) mass is 347 g/mol. The number of fused-ring (bicyclic) bond motifs is 1. The largest absolute Gasteiger partial charge is 0.346 e. The molecule has 8 heteroatoms. The number of benzene rings is 1. The van der Waals surface area contributed by atoms with Crippen LogP contribution >= 0.6 is 11.8 Å². The zero-order valence-corrected chi connectivity index (χ0v) is 13.8. The van der Waals surface area contributed by atoms with Gasteiger partial charge in [0.15, 0.2) is 0 Å². The van der Waals surface area contributed by atoms with Crippen LogP contribution in [0.5, 0.6) is 0 Å². The van der Waals surface area contributed by atoms with Gasteiger partial charge >= 0.3 is 11.8 Å². The van der Waals surface area contributed by atoms with Crippen molar-refractivity contribution in [2.45, 2.75) is 13.0 Å². The Kier molecular flexibility index (Phi) is 4.84. The molecule has 7 nitrogen and oxygen atoms in total. The van der Waals surface area contributed by atoms with Crippen LogP contribution in [0.15, 0.2) is 24.3 Å². The zero-order valence-electron chi connectivity index (χ0n) is 13.0. The molecule has 2 aliphatic rings. The molecule has 0 spiro atoms. The van der Waals surface area contributed by atoms with Crippen LogP contribution in [-0.4, -0.2) is 58.1 Å². The first kappa shape index (κ1) is 16.5. The fraction of sp³-hybridized carbons (Fsp3) is 0.375. The number of rotatable bonds is 3. The molecule has 1 aromatic rings. The zero-order chi connectivity index (χ0) is 17.1. The van der Waals surface area contributed by atoms with Gasteiger partial charge < -0.3 is 10.2 Å². The number of nitrogens with zero attached hydrogens (tertiary/aromatic N) is 2. The summed E-state index contributed by atoms with van der Waals surface area (Å²) < 4.78 is 0. The Labute approximate surface area is 143 Å². The number of carbonyl (C=O) groups is 4. The van der Waals surface area contributed by atoms with Crippen LogP contribution in [0.25, 0.3) is 0 Å². The highest BCUT2D eigenvalue weighted by Crippen LogP contribution is 2.19. The molecular formula is C16H17N3O4S. The number of imide groups is 1. The fourth-order valence-electron chi connectivity index (χ4n) is 2.77. The van der Waals surface area contributed by atoms with E-state index in [1.807, 2.05) is 24.3 Å². The van der Waals surface area contributed by atoms with Gasteiger partial charge in [-0.15, -0.1) is 0 Å². The molecule has 0 radical (unpaired) electrons. The lowest BCUT2D eigenvalue weighted by Crippen LogP contribution is -2.47. The van der Waals surface area contributed by atoms with Crippen LogP contribution in [0.4, 0.5) is 4.79 Å². The smallest absolute Gasteiger partial charge is 0.312 e. The van der Waals surface area contributed by atoms with E-state index in [0.717, 1.165) is 28.6 Å². The maximum Gasteiger partial charge on any atom is 0.312 e. The Hall–Kier alpha value is -2.35. The highest BCUT2D eigenvalue weighted by molar-refractivity contribution is 8.14. The van der Waals surface area contributed by atoms with E-state index < -0.39 is 11.8 Å². The lowest BCUT2D eigenvalue weighted by molar-refractivity contribution is -0.146. The molecule has 0 atom stereocenters. The second-order valence-electron chi connectivity index (χ2n) is 5.60. The summed E-state index contributed by atoms with van der Waals surface area (Å²) in [6.07, 6.45) is 0.725. The van der Waals surface area contributed by atoms with E-state index >= 15 is 0 Å². The van der Waals surface area contributed by atoms with Crippen LogP contribution in [0, 0.1) is 0 Å². The van der Waals surface area contributed by atoms with Crippen molar-refractivity contribution in [2.24, 2.45) is 0 Å². The minimum Gasteiger partial charge on any atom is -0.346 e. The molecule has 4 amide bonds. The molecule has 2 heterocycles. The number of carbonyl (C=O) groups excluding carboxylic acids is 4. The summed E-state index contributed by atoms with van der Waals surface area (Å²) in [5, 5.41) is 2.17. The molecule has 0 unspecified atom stereocenters. The van der Waals surface area contributed by atoms with Gasteiger partial charge in [-0.2, -0.15) is 0 Å².